The number of halogens is 2. The molecule has 0 aliphatic carbocycles. The highest BCUT2D eigenvalue weighted by atomic mass is 35.5. The first kappa shape index (κ1) is 15.1. The molecule has 0 heterocycles. The van der Waals surface area contributed by atoms with Crippen molar-refractivity contribution in [2.24, 2.45) is 0 Å². The number of nitro groups is 1. The molecule has 7 heteroatoms. The largest absolute Gasteiger partial charge is 0.495 e. The second kappa shape index (κ2) is 6.41. The maximum absolute atomic E-state index is 13.0. The topological polar surface area (TPSA) is 64.4 Å². The van der Waals surface area contributed by atoms with E-state index < -0.39 is 10.7 Å². The Morgan fingerprint density at radius 2 is 2.10 bits per heavy atom. The molecule has 0 radical (unpaired) electrons. The molecule has 0 aromatic heterocycles. The number of nitro benzene ring substituents is 1. The molecule has 0 fully saturated rings. The lowest BCUT2D eigenvalue weighted by Crippen LogP contribution is -2.03. The van der Waals surface area contributed by atoms with Crippen LogP contribution >= 0.6 is 11.6 Å². The van der Waals surface area contributed by atoms with Crippen LogP contribution in [0.2, 0.25) is 5.02 Å². The number of hydrogen-bond acceptors (Lipinski definition) is 4. The zero-order chi connectivity index (χ0) is 15.4. The Morgan fingerprint density at radius 1 is 1.33 bits per heavy atom. The van der Waals surface area contributed by atoms with Gasteiger partial charge in [-0.2, -0.15) is 0 Å². The molecule has 1 N–H and O–H groups in total. The van der Waals surface area contributed by atoms with Gasteiger partial charge in [-0.15, -0.1) is 0 Å². The summed E-state index contributed by atoms with van der Waals surface area (Å²) in [6.07, 6.45) is 0. The lowest BCUT2D eigenvalue weighted by molar-refractivity contribution is -0.384. The van der Waals surface area contributed by atoms with Gasteiger partial charge in [-0.05, 0) is 29.8 Å². The predicted molar refractivity (Wildman–Crippen MR) is 78.4 cm³/mol. The minimum atomic E-state index is -0.653. The van der Waals surface area contributed by atoms with Crippen molar-refractivity contribution in [2.75, 3.05) is 12.4 Å². The fourth-order valence-corrected chi connectivity index (χ4v) is 2.10. The Hall–Kier alpha value is -2.34. The number of anilines is 1. The molecule has 2 rings (SSSR count). The van der Waals surface area contributed by atoms with Crippen LogP contribution in [0.25, 0.3) is 0 Å². The van der Waals surface area contributed by atoms with Crippen LogP contribution in [-0.2, 0) is 6.54 Å². The van der Waals surface area contributed by atoms with E-state index in [4.69, 9.17) is 16.3 Å². The van der Waals surface area contributed by atoms with E-state index in [1.54, 1.807) is 18.2 Å². The van der Waals surface area contributed by atoms with Gasteiger partial charge < -0.3 is 10.1 Å². The zero-order valence-corrected chi connectivity index (χ0v) is 11.9. The van der Waals surface area contributed by atoms with E-state index >= 15 is 0 Å². The van der Waals surface area contributed by atoms with E-state index in [2.05, 4.69) is 5.32 Å². The van der Waals surface area contributed by atoms with E-state index in [-0.39, 0.29) is 11.4 Å². The molecule has 0 spiro atoms. The molecular formula is C14H12ClFN2O3. The number of benzene rings is 2. The maximum atomic E-state index is 13.0. The fourth-order valence-electron chi connectivity index (χ4n) is 1.82. The summed E-state index contributed by atoms with van der Waals surface area (Å²) in [5.41, 5.74) is 0.752. The summed E-state index contributed by atoms with van der Waals surface area (Å²) in [6.45, 7) is 0.316. The van der Waals surface area contributed by atoms with Crippen molar-refractivity contribution in [3.8, 4) is 5.75 Å². The van der Waals surface area contributed by atoms with Crippen molar-refractivity contribution in [3.05, 3.63) is 62.9 Å². The molecular weight excluding hydrogens is 299 g/mol. The van der Waals surface area contributed by atoms with Gasteiger partial charge in [0, 0.05) is 6.54 Å². The minimum Gasteiger partial charge on any atom is -0.495 e. The fraction of sp³-hybridized carbons (Fsp3) is 0.143. The Bertz CT molecular complexity index is 679. The van der Waals surface area contributed by atoms with Gasteiger partial charge in [0.25, 0.3) is 5.69 Å². The van der Waals surface area contributed by atoms with Crippen LogP contribution in [0.1, 0.15) is 5.56 Å². The van der Waals surface area contributed by atoms with Crippen molar-refractivity contribution >= 4 is 23.0 Å². The SMILES string of the molecule is COc1ccc(CNc2ccc(F)cc2[N+](=O)[O-])cc1Cl. The Kier molecular flexibility index (Phi) is 4.59. The molecule has 110 valence electrons. The highest BCUT2D eigenvalue weighted by Crippen LogP contribution is 2.27. The molecule has 0 saturated carbocycles. The monoisotopic (exact) mass is 310 g/mol. The van der Waals surface area contributed by atoms with Gasteiger partial charge in [-0.1, -0.05) is 17.7 Å². The van der Waals surface area contributed by atoms with E-state index in [9.17, 15) is 14.5 Å². The summed E-state index contributed by atoms with van der Waals surface area (Å²) in [7, 11) is 1.51. The Balaban J connectivity index is 2.16. The second-order valence-electron chi connectivity index (χ2n) is 4.24. The van der Waals surface area contributed by atoms with Crippen molar-refractivity contribution in [1.29, 1.82) is 0 Å². The summed E-state index contributed by atoms with van der Waals surface area (Å²) in [5.74, 6) is -0.104. The molecule has 0 saturated heterocycles. The van der Waals surface area contributed by atoms with E-state index in [0.29, 0.717) is 17.3 Å². The number of nitrogens with zero attached hydrogens (tertiary/aromatic N) is 1. The summed E-state index contributed by atoms with van der Waals surface area (Å²) in [5, 5.41) is 14.2. The smallest absolute Gasteiger partial charge is 0.295 e. The molecule has 2 aromatic carbocycles. The summed E-state index contributed by atoms with van der Waals surface area (Å²) in [6, 6.07) is 8.56. The van der Waals surface area contributed by atoms with Gasteiger partial charge in [-0.25, -0.2) is 4.39 Å². The molecule has 0 aliphatic heterocycles. The third kappa shape index (κ3) is 3.61. The first-order chi connectivity index (χ1) is 10.0. The highest BCUT2D eigenvalue weighted by molar-refractivity contribution is 6.32. The Morgan fingerprint density at radius 3 is 2.71 bits per heavy atom. The van der Waals surface area contributed by atoms with Crippen LogP contribution in [-0.4, -0.2) is 12.0 Å². The number of hydrogen-bond donors (Lipinski definition) is 1. The minimum absolute atomic E-state index is 0.244. The number of methoxy groups -OCH3 is 1. The summed E-state index contributed by atoms with van der Waals surface area (Å²) in [4.78, 5) is 10.3. The maximum Gasteiger partial charge on any atom is 0.295 e. The molecule has 0 unspecified atom stereocenters. The summed E-state index contributed by atoms with van der Waals surface area (Å²) < 4.78 is 18.1. The lowest BCUT2D eigenvalue weighted by Gasteiger charge is -2.09. The van der Waals surface area contributed by atoms with Crippen molar-refractivity contribution < 1.29 is 14.1 Å². The van der Waals surface area contributed by atoms with Gasteiger partial charge in [0.05, 0.1) is 23.1 Å². The zero-order valence-electron chi connectivity index (χ0n) is 11.1. The van der Waals surface area contributed by atoms with Crippen molar-refractivity contribution in [1.82, 2.24) is 0 Å². The molecule has 0 aliphatic rings. The van der Waals surface area contributed by atoms with Crippen LogP contribution in [0.3, 0.4) is 0 Å². The van der Waals surface area contributed by atoms with Gasteiger partial charge in [0.2, 0.25) is 0 Å². The molecule has 0 amide bonds. The first-order valence-electron chi connectivity index (χ1n) is 6.01. The van der Waals surface area contributed by atoms with Gasteiger partial charge >= 0.3 is 0 Å². The van der Waals surface area contributed by atoms with Crippen LogP contribution < -0.4 is 10.1 Å². The van der Waals surface area contributed by atoms with E-state index in [1.807, 2.05) is 0 Å². The second-order valence-corrected chi connectivity index (χ2v) is 4.65. The predicted octanol–water partition coefficient (Wildman–Crippen LogP) is 4.01. The average molecular weight is 311 g/mol. The molecule has 0 atom stereocenters. The van der Waals surface area contributed by atoms with E-state index in [1.165, 1.54) is 13.2 Å². The quantitative estimate of drug-likeness (QED) is 0.669. The number of nitrogens with one attached hydrogen (secondary N) is 1. The molecule has 21 heavy (non-hydrogen) atoms. The third-order valence-electron chi connectivity index (χ3n) is 2.86. The number of rotatable bonds is 5. The lowest BCUT2D eigenvalue weighted by atomic mass is 10.2. The molecule has 0 bridgehead atoms. The average Bonchev–Trinajstić information content (AvgIpc) is 2.46. The Labute approximate surface area is 125 Å². The molecule has 5 nitrogen and oxygen atoms in total. The van der Waals surface area contributed by atoms with Gasteiger partial charge in [0.1, 0.15) is 17.3 Å². The van der Waals surface area contributed by atoms with Gasteiger partial charge in [0.15, 0.2) is 0 Å². The van der Waals surface area contributed by atoms with Crippen LogP contribution in [0.15, 0.2) is 36.4 Å². The van der Waals surface area contributed by atoms with E-state index in [0.717, 1.165) is 17.7 Å². The molecule has 2 aromatic rings. The standard InChI is InChI=1S/C14H12ClFN2O3/c1-21-14-5-2-9(6-11(14)15)8-17-12-4-3-10(16)7-13(12)18(19)20/h2-7,17H,8H2,1H3. The van der Waals surface area contributed by atoms with Gasteiger partial charge in [-0.3, -0.25) is 10.1 Å². The third-order valence-corrected chi connectivity index (χ3v) is 3.15. The van der Waals surface area contributed by atoms with Crippen molar-refractivity contribution in [2.45, 2.75) is 6.54 Å². The summed E-state index contributed by atoms with van der Waals surface area (Å²) >= 11 is 6.00. The van der Waals surface area contributed by atoms with Crippen LogP contribution in [0.5, 0.6) is 5.75 Å². The number of ether oxygens (including phenoxy) is 1. The van der Waals surface area contributed by atoms with Crippen molar-refractivity contribution in [3.63, 3.8) is 0 Å². The van der Waals surface area contributed by atoms with Crippen LogP contribution in [0.4, 0.5) is 15.8 Å². The highest BCUT2D eigenvalue weighted by Gasteiger charge is 2.14. The van der Waals surface area contributed by atoms with Crippen LogP contribution in [0, 0.1) is 15.9 Å². The first-order valence-corrected chi connectivity index (χ1v) is 6.39. The normalized spacial score (nSPS) is 10.2.